The third-order valence-corrected chi connectivity index (χ3v) is 3.72. The van der Waals surface area contributed by atoms with Crippen LogP contribution in [0.25, 0.3) is 0 Å². The zero-order valence-corrected chi connectivity index (χ0v) is 12.1. The zero-order chi connectivity index (χ0) is 13.3. The van der Waals surface area contributed by atoms with Gasteiger partial charge in [-0.2, -0.15) is 0 Å². The summed E-state index contributed by atoms with van der Waals surface area (Å²) in [6.45, 7) is 7.00. The molecule has 0 N–H and O–H groups in total. The fraction of sp³-hybridized carbons (Fsp3) is 0.643. The summed E-state index contributed by atoms with van der Waals surface area (Å²) >= 11 is 5.89. The van der Waals surface area contributed by atoms with Crippen molar-refractivity contribution >= 4 is 11.6 Å². The largest absolute Gasteiger partial charge is 0.312 e. The first-order chi connectivity index (χ1) is 8.52. The summed E-state index contributed by atoms with van der Waals surface area (Å²) in [5.74, 6) is 0.769. The van der Waals surface area contributed by atoms with Gasteiger partial charge in [-0.25, -0.2) is 0 Å². The van der Waals surface area contributed by atoms with Gasteiger partial charge in [0.2, 0.25) is 0 Å². The third-order valence-electron chi connectivity index (χ3n) is 3.43. The van der Waals surface area contributed by atoms with Crippen molar-refractivity contribution in [2.75, 3.05) is 13.6 Å². The molecule has 3 nitrogen and oxygen atoms in total. The fourth-order valence-electron chi connectivity index (χ4n) is 2.58. The minimum atomic E-state index is 0.0991. The molecule has 2 rings (SSSR count). The van der Waals surface area contributed by atoms with E-state index in [4.69, 9.17) is 11.6 Å². The highest BCUT2D eigenvalue weighted by Gasteiger charge is 2.20. The maximum absolute atomic E-state index is 12.4. The summed E-state index contributed by atoms with van der Waals surface area (Å²) in [7, 11) is 2.11. The van der Waals surface area contributed by atoms with Crippen molar-refractivity contribution in [1.82, 2.24) is 9.47 Å². The van der Waals surface area contributed by atoms with Crippen LogP contribution in [-0.2, 0) is 25.4 Å². The Morgan fingerprint density at radius 1 is 1.44 bits per heavy atom. The number of halogens is 1. The van der Waals surface area contributed by atoms with Gasteiger partial charge in [0.15, 0.2) is 0 Å². The predicted octanol–water partition coefficient (Wildman–Crippen LogP) is 2.23. The van der Waals surface area contributed by atoms with Gasteiger partial charge in [-0.15, -0.1) is 11.6 Å². The summed E-state index contributed by atoms with van der Waals surface area (Å²) < 4.78 is 1.95. The standard InChI is InChI=1S/C14H21ClN2O/c1-10(2)8-17-13-4-5-16(3)9-12(13)6-11(7-15)14(17)18/h6,10H,4-5,7-9H2,1-3H3. The molecule has 0 saturated carbocycles. The number of pyridine rings is 1. The highest BCUT2D eigenvalue weighted by atomic mass is 35.5. The molecule has 1 aliphatic heterocycles. The van der Waals surface area contributed by atoms with E-state index in [-0.39, 0.29) is 5.56 Å². The van der Waals surface area contributed by atoms with Crippen LogP contribution in [0.2, 0.25) is 0 Å². The highest BCUT2D eigenvalue weighted by Crippen LogP contribution is 2.19. The van der Waals surface area contributed by atoms with Crippen molar-refractivity contribution in [2.45, 2.75) is 39.2 Å². The number of hydrogen-bond acceptors (Lipinski definition) is 2. The van der Waals surface area contributed by atoms with Crippen molar-refractivity contribution in [3.05, 3.63) is 33.2 Å². The molecule has 0 aromatic carbocycles. The maximum Gasteiger partial charge on any atom is 0.255 e. The number of alkyl halides is 1. The predicted molar refractivity (Wildman–Crippen MR) is 75.1 cm³/mol. The molecule has 100 valence electrons. The Morgan fingerprint density at radius 2 is 2.17 bits per heavy atom. The van der Waals surface area contributed by atoms with Crippen LogP contribution in [0.15, 0.2) is 10.9 Å². The number of hydrogen-bond donors (Lipinski definition) is 0. The summed E-state index contributed by atoms with van der Waals surface area (Å²) in [5, 5.41) is 0. The summed E-state index contributed by atoms with van der Waals surface area (Å²) in [6.07, 6.45) is 0.955. The number of nitrogens with zero attached hydrogens (tertiary/aromatic N) is 2. The zero-order valence-electron chi connectivity index (χ0n) is 11.4. The van der Waals surface area contributed by atoms with E-state index in [1.54, 1.807) is 0 Å². The normalized spacial score (nSPS) is 16.1. The van der Waals surface area contributed by atoms with E-state index in [1.807, 2.05) is 10.6 Å². The van der Waals surface area contributed by atoms with Gasteiger partial charge in [-0.1, -0.05) is 13.8 Å². The van der Waals surface area contributed by atoms with Crippen molar-refractivity contribution < 1.29 is 0 Å². The molecule has 1 aromatic rings. The number of rotatable bonds is 3. The Kier molecular flexibility index (Phi) is 4.13. The minimum Gasteiger partial charge on any atom is -0.312 e. The Morgan fingerprint density at radius 3 is 2.78 bits per heavy atom. The molecule has 1 aromatic heterocycles. The van der Waals surface area contributed by atoms with Crippen LogP contribution in [0.5, 0.6) is 0 Å². The molecule has 1 aliphatic rings. The van der Waals surface area contributed by atoms with Crippen LogP contribution in [0.4, 0.5) is 0 Å². The monoisotopic (exact) mass is 268 g/mol. The average molecular weight is 269 g/mol. The third kappa shape index (κ3) is 2.62. The van der Waals surface area contributed by atoms with Crippen LogP contribution in [0.1, 0.15) is 30.7 Å². The second-order valence-electron chi connectivity index (χ2n) is 5.57. The van der Waals surface area contributed by atoms with Gasteiger partial charge in [0.25, 0.3) is 5.56 Å². The minimum absolute atomic E-state index is 0.0991. The van der Waals surface area contributed by atoms with Gasteiger partial charge in [0, 0.05) is 37.3 Å². The molecule has 0 saturated heterocycles. The molecule has 0 aliphatic carbocycles. The van der Waals surface area contributed by atoms with Gasteiger partial charge in [-0.3, -0.25) is 4.79 Å². The van der Waals surface area contributed by atoms with Crippen LogP contribution >= 0.6 is 11.6 Å². The van der Waals surface area contributed by atoms with Crippen LogP contribution in [0, 0.1) is 5.92 Å². The van der Waals surface area contributed by atoms with E-state index >= 15 is 0 Å². The smallest absolute Gasteiger partial charge is 0.255 e. The first-order valence-electron chi connectivity index (χ1n) is 6.52. The Balaban J connectivity index is 2.54. The quantitative estimate of drug-likeness (QED) is 0.786. The molecule has 0 fully saturated rings. The molecule has 18 heavy (non-hydrogen) atoms. The van der Waals surface area contributed by atoms with Crippen LogP contribution in [-0.4, -0.2) is 23.1 Å². The molecule has 4 heteroatoms. The van der Waals surface area contributed by atoms with Gasteiger partial charge in [0.05, 0.1) is 5.88 Å². The van der Waals surface area contributed by atoms with Gasteiger partial charge >= 0.3 is 0 Å². The fourth-order valence-corrected chi connectivity index (χ4v) is 2.77. The molecule has 0 amide bonds. The first kappa shape index (κ1) is 13.6. The average Bonchev–Trinajstić information content (AvgIpc) is 2.31. The summed E-state index contributed by atoms with van der Waals surface area (Å²) in [6, 6.07) is 2.00. The number of likely N-dealkylation sites (N-methyl/N-ethyl adjacent to an activating group) is 1. The molecule has 0 spiro atoms. The number of aromatic nitrogens is 1. The Hall–Kier alpha value is -0.800. The second kappa shape index (κ2) is 5.45. The van der Waals surface area contributed by atoms with Gasteiger partial charge in [-0.05, 0) is 24.6 Å². The number of fused-ring (bicyclic) bond motifs is 1. The Bertz CT molecular complexity index is 493. The van der Waals surface area contributed by atoms with E-state index in [9.17, 15) is 4.79 Å². The first-order valence-corrected chi connectivity index (χ1v) is 7.05. The molecule has 0 bridgehead atoms. The maximum atomic E-state index is 12.4. The SMILES string of the molecule is CC(C)Cn1c2c(cc(CCl)c1=O)CN(C)CC2. The highest BCUT2D eigenvalue weighted by molar-refractivity contribution is 6.17. The lowest BCUT2D eigenvalue weighted by Crippen LogP contribution is -2.36. The van der Waals surface area contributed by atoms with E-state index in [0.29, 0.717) is 11.8 Å². The van der Waals surface area contributed by atoms with E-state index in [1.165, 1.54) is 11.3 Å². The topological polar surface area (TPSA) is 25.2 Å². The second-order valence-corrected chi connectivity index (χ2v) is 5.84. The molecular formula is C14H21ClN2O. The van der Waals surface area contributed by atoms with E-state index < -0.39 is 0 Å². The molecular weight excluding hydrogens is 248 g/mol. The molecule has 0 unspecified atom stereocenters. The lowest BCUT2D eigenvalue weighted by atomic mass is 10.0. The van der Waals surface area contributed by atoms with E-state index in [0.717, 1.165) is 31.6 Å². The summed E-state index contributed by atoms with van der Waals surface area (Å²) in [4.78, 5) is 14.6. The van der Waals surface area contributed by atoms with Crippen molar-refractivity contribution in [3.63, 3.8) is 0 Å². The van der Waals surface area contributed by atoms with Crippen LogP contribution < -0.4 is 5.56 Å². The van der Waals surface area contributed by atoms with Gasteiger partial charge in [0.1, 0.15) is 0 Å². The van der Waals surface area contributed by atoms with Gasteiger partial charge < -0.3 is 9.47 Å². The molecule has 0 atom stereocenters. The lowest BCUT2D eigenvalue weighted by molar-refractivity contribution is 0.301. The van der Waals surface area contributed by atoms with Crippen LogP contribution in [0.3, 0.4) is 0 Å². The van der Waals surface area contributed by atoms with Crippen molar-refractivity contribution in [2.24, 2.45) is 5.92 Å². The summed E-state index contributed by atoms with van der Waals surface area (Å²) in [5.41, 5.74) is 3.30. The van der Waals surface area contributed by atoms with E-state index in [2.05, 4.69) is 25.8 Å². The molecule has 2 heterocycles. The Labute approximate surface area is 113 Å². The lowest BCUT2D eigenvalue weighted by Gasteiger charge is -2.28. The molecule has 0 radical (unpaired) electrons. The van der Waals surface area contributed by atoms with Crippen molar-refractivity contribution in [3.8, 4) is 0 Å². The van der Waals surface area contributed by atoms with Crippen molar-refractivity contribution in [1.29, 1.82) is 0 Å².